The smallest absolute Gasteiger partial charge is 0.243 e. The summed E-state index contributed by atoms with van der Waals surface area (Å²) in [6.07, 6.45) is 3.45. The summed E-state index contributed by atoms with van der Waals surface area (Å²) in [6.45, 7) is 4.70. The van der Waals surface area contributed by atoms with Gasteiger partial charge in [0.15, 0.2) is 0 Å². The third kappa shape index (κ3) is 4.52. The van der Waals surface area contributed by atoms with Crippen LogP contribution in [0.2, 0.25) is 0 Å². The van der Waals surface area contributed by atoms with E-state index in [9.17, 15) is 13.2 Å². The first-order valence-corrected chi connectivity index (χ1v) is 11.2. The molecule has 1 unspecified atom stereocenters. The van der Waals surface area contributed by atoms with Crippen LogP contribution in [-0.2, 0) is 14.8 Å². The molecule has 2 saturated heterocycles. The minimum atomic E-state index is -3.55. The first-order chi connectivity index (χ1) is 12.8. The first kappa shape index (κ1) is 20.3. The summed E-state index contributed by atoms with van der Waals surface area (Å²) in [7, 11) is 0.438. The lowest BCUT2D eigenvalue weighted by atomic mass is 9.96. The van der Waals surface area contributed by atoms with Crippen LogP contribution >= 0.6 is 0 Å². The predicted molar refractivity (Wildman–Crippen MR) is 106 cm³/mol. The van der Waals surface area contributed by atoms with Gasteiger partial charge in [0.25, 0.3) is 0 Å². The highest BCUT2D eigenvalue weighted by molar-refractivity contribution is 7.89. The van der Waals surface area contributed by atoms with Gasteiger partial charge in [0, 0.05) is 26.2 Å². The summed E-state index contributed by atoms with van der Waals surface area (Å²) in [6, 6.07) is 7.19. The van der Waals surface area contributed by atoms with E-state index in [4.69, 9.17) is 0 Å². The van der Waals surface area contributed by atoms with E-state index in [0.717, 1.165) is 44.3 Å². The molecule has 0 aliphatic carbocycles. The molecule has 1 atom stereocenters. The van der Waals surface area contributed by atoms with Crippen molar-refractivity contribution in [1.29, 1.82) is 0 Å². The number of nitrogens with zero attached hydrogens (tertiary/aromatic N) is 3. The fourth-order valence-electron chi connectivity index (χ4n) is 4.07. The molecule has 1 aromatic rings. The van der Waals surface area contributed by atoms with Crippen LogP contribution in [0.3, 0.4) is 0 Å². The summed E-state index contributed by atoms with van der Waals surface area (Å²) < 4.78 is 27.4. The maximum Gasteiger partial charge on any atom is 0.243 e. The van der Waals surface area contributed by atoms with E-state index in [1.807, 2.05) is 31.0 Å². The van der Waals surface area contributed by atoms with Crippen molar-refractivity contribution in [3.05, 3.63) is 29.8 Å². The first-order valence-electron chi connectivity index (χ1n) is 9.81. The standard InChI is InChI=1S/C20H31N3O3S/c1-16-6-8-19(9-7-16)27(25,26)23-12-4-5-17(15-23)20(24)22(3)18-10-13-21(2)14-11-18/h6-9,17-18H,4-5,10-15H2,1-3H3. The van der Waals surface area contributed by atoms with Crippen molar-refractivity contribution < 1.29 is 13.2 Å². The number of hydrogen-bond acceptors (Lipinski definition) is 4. The summed E-state index contributed by atoms with van der Waals surface area (Å²) >= 11 is 0. The van der Waals surface area contributed by atoms with Crippen molar-refractivity contribution in [3.63, 3.8) is 0 Å². The molecule has 1 aromatic carbocycles. The molecule has 2 fully saturated rings. The molecule has 2 aliphatic rings. The number of piperidine rings is 2. The minimum absolute atomic E-state index is 0.0911. The molecule has 1 amide bonds. The number of benzene rings is 1. The van der Waals surface area contributed by atoms with E-state index in [2.05, 4.69) is 11.9 Å². The number of amides is 1. The van der Waals surface area contributed by atoms with Crippen LogP contribution < -0.4 is 0 Å². The van der Waals surface area contributed by atoms with E-state index < -0.39 is 10.0 Å². The zero-order chi connectivity index (χ0) is 19.6. The summed E-state index contributed by atoms with van der Waals surface area (Å²) in [5.41, 5.74) is 1.03. The SMILES string of the molecule is Cc1ccc(S(=O)(=O)N2CCCC(C(=O)N(C)C3CCN(C)CC3)C2)cc1. The van der Waals surface area contributed by atoms with Gasteiger partial charge in [-0.15, -0.1) is 0 Å². The second-order valence-corrected chi connectivity index (χ2v) is 9.94. The van der Waals surface area contributed by atoms with Gasteiger partial charge in [0.2, 0.25) is 15.9 Å². The number of carbonyl (C=O) groups is 1. The molecule has 0 radical (unpaired) electrons. The normalized spacial score (nSPS) is 23.3. The maximum absolute atomic E-state index is 13.0. The van der Waals surface area contributed by atoms with Crippen LogP contribution in [0.25, 0.3) is 0 Å². The number of rotatable bonds is 4. The molecule has 6 nitrogen and oxygen atoms in total. The molecule has 0 saturated carbocycles. The second-order valence-electron chi connectivity index (χ2n) is 8.00. The largest absolute Gasteiger partial charge is 0.342 e. The molecule has 3 rings (SSSR count). The topological polar surface area (TPSA) is 60.9 Å². The average molecular weight is 394 g/mol. The van der Waals surface area contributed by atoms with Crippen LogP contribution in [-0.4, -0.2) is 74.7 Å². The van der Waals surface area contributed by atoms with E-state index >= 15 is 0 Å². The molecule has 0 aromatic heterocycles. The fraction of sp³-hybridized carbons (Fsp3) is 0.650. The molecule has 2 heterocycles. The Labute approximate surface area is 163 Å². The predicted octanol–water partition coefficient (Wildman–Crippen LogP) is 1.95. The summed E-state index contributed by atoms with van der Waals surface area (Å²) in [4.78, 5) is 17.5. The van der Waals surface area contributed by atoms with E-state index in [1.54, 1.807) is 12.1 Å². The molecule has 0 spiro atoms. The Balaban J connectivity index is 1.68. The molecule has 2 aliphatic heterocycles. The highest BCUT2D eigenvalue weighted by Gasteiger charge is 2.36. The summed E-state index contributed by atoms with van der Waals surface area (Å²) in [5.74, 6) is -0.156. The minimum Gasteiger partial charge on any atom is -0.342 e. The molecular formula is C20H31N3O3S. The number of sulfonamides is 1. The number of aryl methyl sites for hydroxylation is 1. The number of hydrogen-bond donors (Lipinski definition) is 0. The Kier molecular flexibility index (Phi) is 6.23. The number of carbonyl (C=O) groups excluding carboxylic acids is 1. The van der Waals surface area contributed by atoms with Crippen molar-refractivity contribution in [1.82, 2.24) is 14.1 Å². The van der Waals surface area contributed by atoms with Gasteiger partial charge in [-0.1, -0.05) is 17.7 Å². The van der Waals surface area contributed by atoms with E-state index in [1.165, 1.54) is 4.31 Å². The van der Waals surface area contributed by atoms with Gasteiger partial charge in [-0.05, 0) is 64.9 Å². The van der Waals surface area contributed by atoms with Gasteiger partial charge in [-0.3, -0.25) is 4.79 Å². The molecule has 0 N–H and O–H groups in total. The number of likely N-dealkylation sites (tertiary alicyclic amines) is 1. The van der Waals surface area contributed by atoms with Crippen LogP contribution in [0.5, 0.6) is 0 Å². The zero-order valence-corrected chi connectivity index (χ0v) is 17.4. The van der Waals surface area contributed by atoms with Crippen molar-refractivity contribution in [2.75, 3.05) is 40.3 Å². The molecule has 150 valence electrons. The second kappa shape index (κ2) is 8.29. The van der Waals surface area contributed by atoms with E-state index in [-0.39, 0.29) is 24.4 Å². The lowest BCUT2D eigenvalue weighted by molar-refractivity contribution is -0.138. The Hall–Kier alpha value is -1.44. The Morgan fingerprint density at radius 2 is 1.70 bits per heavy atom. The van der Waals surface area contributed by atoms with Gasteiger partial charge in [-0.25, -0.2) is 8.42 Å². The van der Waals surface area contributed by atoms with Gasteiger partial charge in [0.1, 0.15) is 0 Å². The van der Waals surface area contributed by atoms with Crippen LogP contribution in [0.4, 0.5) is 0 Å². The van der Waals surface area contributed by atoms with Gasteiger partial charge >= 0.3 is 0 Å². The molecule has 7 heteroatoms. The van der Waals surface area contributed by atoms with Crippen molar-refractivity contribution >= 4 is 15.9 Å². The fourth-order valence-corrected chi connectivity index (χ4v) is 5.60. The van der Waals surface area contributed by atoms with Crippen LogP contribution in [0.15, 0.2) is 29.2 Å². The zero-order valence-electron chi connectivity index (χ0n) is 16.6. The van der Waals surface area contributed by atoms with Gasteiger partial charge < -0.3 is 9.80 Å². The molecule has 0 bridgehead atoms. The molecule has 27 heavy (non-hydrogen) atoms. The van der Waals surface area contributed by atoms with Crippen LogP contribution in [0.1, 0.15) is 31.2 Å². The lowest BCUT2D eigenvalue weighted by Crippen LogP contribution is -2.50. The maximum atomic E-state index is 13.0. The summed E-state index contributed by atoms with van der Waals surface area (Å²) in [5, 5.41) is 0. The van der Waals surface area contributed by atoms with Crippen LogP contribution in [0, 0.1) is 12.8 Å². The Morgan fingerprint density at radius 1 is 1.07 bits per heavy atom. The van der Waals surface area contributed by atoms with Gasteiger partial charge in [0.05, 0.1) is 10.8 Å². The van der Waals surface area contributed by atoms with Crippen molar-refractivity contribution in [2.24, 2.45) is 5.92 Å². The third-order valence-electron chi connectivity index (χ3n) is 5.98. The van der Waals surface area contributed by atoms with E-state index in [0.29, 0.717) is 11.4 Å². The lowest BCUT2D eigenvalue weighted by Gasteiger charge is -2.38. The average Bonchev–Trinajstić information content (AvgIpc) is 2.68. The Morgan fingerprint density at radius 3 is 2.33 bits per heavy atom. The van der Waals surface area contributed by atoms with Crippen molar-refractivity contribution in [2.45, 2.75) is 43.5 Å². The quantitative estimate of drug-likeness (QED) is 0.784. The Bertz CT molecular complexity index is 755. The van der Waals surface area contributed by atoms with Crippen molar-refractivity contribution in [3.8, 4) is 0 Å². The highest BCUT2D eigenvalue weighted by Crippen LogP contribution is 2.26. The molecular weight excluding hydrogens is 362 g/mol. The van der Waals surface area contributed by atoms with Gasteiger partial charge in [-0.2, -0.15) is 4.31 Å². The monoisotopic (exact) mass is 393 g/mol. The third-order valence-corrected chi connectivity index (χ3v) is 7.85. The highest BCUT2D eigenvalue weighted by atomic mass is 32.2.